The zero-order chi connectivity index (χ0) is 14.6. The normalized spacial score (nSPS) is 10.9. The lowest BCUT2D eigenvalue weighted by Crippen LogP contribution is -2.36. The van der Waals surface area contributed by atoms with Crippen LogP contribution in [0.25, 0.3) is 0 Å². The van der Waals surface area contributed by atoms with Gasteiger partial charge in [0.1, 0.15) is 5.60 Å². The zero-order valence-electron chi connectivity index (χ0n) is 11.2. The third-order valence-corrected chi connectivity index (χ3v) is 2.04. The molecule has 0 saturated heterocycles. The molecule has 7 nitrogen and oxygen atoms in total. The van der Waals surface area contributed by atoms with Crippen molar-refractivity contribution in [2.75, 3.05) is 12.2 Å². The molecule has 0 atom stereocenters. The first-order valence-electron chi connectivity index (χ1n) is 5.56. The van der Waals surface area contributed by atoms with Gasteiger partial charge in [0.2, 0.25) is 0 Å². The second kappa shape index (κ2) is 5.66. The molecule has 0 saturated carbocycles. The first kappa shape index (κ1) is 14.9. The topological polar surface area (TPSA) is 81.9 Å². The van der Waals surface area contributed by atoms with Crippen molar-refractivity contribution in [1.82, 2.24) is 0 Å². The minimum Gasteiger partial charge on any atom is -0.442 e. The summed E-state index contributed by atoms with van der Waals surface area (Å²) in [5.41, 5.74) is -0.374. The molecular weight excluding hydrogens is 252 g/mol. The van der Waals surface area contributed by atoms with Crippen molar-refractivity contribution in [3.63, 3.8) is 0 Å². The van der Waals surface area contributed by atoms with Crippen LogP contribution >= 0.6 is 0 Å². The lowest BCUT2D eigenvalue weighted by molar-refractivity contribution is -0.384. The van der Waals surface area contributed by atoms with Gasteiger partial charge in [-0.25, -0.2) is 4.79 Å². The van der Waals surface area contributed by atoms with E-state index in [0.29, 0.717) is 5.69 Å². The summed E-state index contributed by atoms with van der Waals surface area (Å²) < 4.78 is 5.15. The van der Waals surface area contributed by atoms with Crippen molar-refractivity contribution in [1.29, 1.82) is 0 Å². The maximum atomic E-state index is 11.9. The average molecular weight is 268 g/mol. The molecular formula is C12H16N2O5. The molecule has 104 valence electrons. The minimum absolute atomic E-state index is 0.0657. The Morgan fingerprint density at radius 2 is 1.79 bits per heavy atom. The second-order valence-electron chi connectivity index (χ2n) is 4.73. The van der Waals surface area contributed by atoms with Crippen LogP contribution in [-0.2, 0) is 9.57 Å². The molecule has 0 radical (unpaired) electrons. The van der Waals surface area contributed by atoms with Gasteiger partial charge in [-0.3, -0.25) is 15.0 Å². The van der Waals surface area contributed by atoms with Gasteiger partial charge >= 0.3 is 6.09 Å². The van der Waals surface area contributed by atoms with E-state index in [-0.39, 0.29) is 5.69 Å². The molecule has 0 aromatic heterocycles. The Morgan fingerprint density at radius 1 is 1.26 bits per heavy atom. The number of anilines is 1. The number of hydroxylamine groups is 1. The third-order valence-electron chi connectivity index (χ3n) is 2.04. The van der Waals surface area contributed by atoms with Crippen LogP contribution < -0.4 is 5.06 Å². The molecule has 0 N–H and O–H groups in total. The Balaban J connectivity index is 2.91. The highest BCUT2D eigenvalue weighted by Crippen LogP contribution is 2.21. The summed E-state index contributed by atoms with van der Waals surface area (Å²) in [5.74, 6) is 0. The smallest absolute Gasteiger partial charge is 0.439 e. The van der Waals surface area contributed by atoms with Crippen molar-refractivity contribution < 1.29 is 19.3 Å². The fourth-order valence-corrected chi connectivity index (χ4v) is 1.30. The lowest BCUT2D eigenvalue weighted by atomic mass is 10.2. The molecule has 1 aromatic carbocycles. The Labute approximate surface area is 110 Å². The Bertz CT molecular complexity index is 464. The van der Waals surface area contributed by atoms with Crippen LogP contribution in [0.1, 0.15) is 20.8 Å². The van der Waals surface area contributed by atoms with E-state index in [1.54, 1.807) is 20.8 Å². The van der Waals surface area contributed by atoms with Gasteiger partial charge in [0.15, 0.2) is 0 Å². The van der Waals surface area contributed by atoms with Crippen LogP contribution in [0, 0.1) is 10.1 Å². The van der Waals surface area contributed by atoms with Gasteiger partial charge in [-0.1, -0.05) is 0 Å². The van der Waals surface area contributed by atoms with E-state index >= 15 is 0 Å². The number of amides is 1. The molecule has 0 fully saturated rings. The van der Waals surface area contributed by atoms with Gasteiger partial charge in [0.25, 0.3) is 5.69 Å². The van der Waals surface area contributed by atoms with E-state index in [1.807, 2.05) is 0 Å². The average Bonchev–Trinajstić information content (AvgIpc) is 2.28. The van der Waals surface area contributed by atoms with E-state index < -0.39 is 16.6 Å². The van der Waals surface area contributed by atoms with E-state index in [1.165, 1.54) is 31.4 Å². The fraction of sp³-hybridized carbons (Fsp3) is 0.417. The lowest BCUT2D eigenvalue weighted by Gasteiger charge is -2.25. The van der Waals surface area contributed by atoms with E-state index in [4.69, 9.17) is 9.57 Å². The fourth-order valence-electron chi connectivity index (χ4n) is 1.30. The summed E-state index contributed by atoms with van der Waals surface area (Å²) in [4.78, 5) is 26.8. The number of non-ortho nitro benzene ring substituents is 1. The van der Waals surface area contributed by atoms with Crippen molar-refractivity contribution in [3.05, 3.63) is 34.4 Å². The van der Waals surface area contributed by atoms with Crippen LogP contribution in [0.4, 0.5) is 16.2 Å². The summed E-state index contributed by atoms with van der Waals surface area (Å²) in [6, 6.07) is 5.38. The van der Waals surface area contributed by atoms with Crippen LogP contribution in [0.2, 0.25) is 0 Å². The van der Waals surface area contributed by atoms with Gasteiger partial charge < -0.3 is 4.74 Å². The molecule has 0 aliphatic rings. The van der Waals surface area contributed by atoms with Crippen LogP contribution in [0.3, 0.4) is 0 Å². The number of nitrogens with zero attached hydrogens (tertiary/aromatic N) is 2. The van der Waals surface area contributed by atoms with Crippen LogP contribution in [-0.4, -0.2) is 23.7 Å². The van der Waals surface area contributed by atoms with Crippen molar-refractivity contribution in [2.45, 2.75) is 26.4 Å². The number of carbonyl (C=O) groups is 1. The highest BCUT2D eigenvalue weighted by molar-refractivity contribution is 5.85. The number of benzene rings is 1. The summed E-state index contributed by atoms with van der Waals surface area (Å²) in [6.45, 7) is 5.19. The van der Waals surface area contributed by atoms with Gasteiger partial charge in [0, 0.05) is 12.1 Å². The number of hydrogen-bond donors (Lipinski definition) is 0. The molecule has 1 rings (SSSR count). The Morgan fingerprint density at radius 3 is 2.16 bits per heavy atom. The molecule has 1 amide bonds. The minimum atomic E-state index is -0.691. The predicted octanol–water partition coefficient (Wildman–Crippen LogP) is 2.90. The first-order valence-corrected chi connectivity index (χ1v) is 5.56. The maximum Gasteiger partial charge on any atom is 0.439 e. The molecule has 0 spiro atoms. The standard InChI is InChI=1S/C12H16N2O5/c1-12(2,3)19-11(15)13(18-4)9-5-7-10(8-6-9)14(16)17/h5-8H,1-4H3. The SMILES string of the molecule is CON(C(=O)OC(C)(C)C)c1ccc([N+](=O)[O-])cc1. The second-order valence-corrected chi connectivity index (χ2v) is 4.73. The number of ether oxygens (including phenoxy) is 1. The molecule has 0 aliphatic carbocycles. The highest BCUT2D eigenvalue weighted by atomic mass is 16.7. The quantitative estimate of drug-likeness (QED) is 0.621. The molecule has 0 unspecified atom stereocenters. The van der Waals surface area contributed by atoms with E-state index in [2.05, 4.69) is 0 Å². The number of nitro benzene ring substituents is 1. The molecule has 19 heavy (non-hydrogen) atoms. The Hall–Kier alpha value is -2.15. The summed E-state index contributed by atoms with van der Waals surface area (Å²) in [5, 5.41) is 11.5. The van der Waals surface area contributed by atoms with Crippen LogP contribution in [0.15, 0.2) is 24.3 Å². The molecule has 1 aromatic rings. The predicted molar refractivity (Wildman–Crippen MR) is 68.8 cm³/mol. The zero-order valence-corrected chi connectivity index (χ0v) is 11.2. The van der Waals surface area contributed by atoms with Gasteiger partial charge in [-0.15, -0.1) is 0 Å². The molecule has 0 heterocycles. The number of hydrogen-bond acceptors (Lipinski definition) is 5. The maximum absolute atomic E-state index is 11.9. The highest BCUT2D eigenvalue weighted by Gasteiger charge is 2.24. The van der Waals surface area contributed by atoms with E-state index in [9.17, 15) is 14.9 Å². The van der Waals surface area contributed by atoms with Gasteiger partial charge in [0.05, 0.1) is 17.7 Å². The third kappa shape index (κ3) is 4.22. The number of carbonyl (C=O) groups excluding carboxylic acids is 1. The van der Waals surface area contributed by atoms with Crippen molar-refractivity contribution >= 4 is 17.5 Å². The Kier molecular flexibility index (Phi) is 4.44. The monoisotopic (exact) mass is 268 g/mol. The van der Waals surface area contributed by atoms with Crippen molar-refractivity contribution in [2.24, 2.45) is 0 Å². The van der Waals surface area contributed by atoms with Crippen molar-refractivity contribution in [3.8, 4) is 0 Å². The summed E-state index contributed by atoms with van der Waals surface area (Å²) >= 11 is 0. The van der Waals surface area contributed by atoms with Gasteiger partial charge in [-0.2, -0.15) is 5.06 Å². The van der Waals surface area contributed by atoms with E-state index in [0.717, 1.165) is 5.06 Å². The summed E-state index contributed by atoms with van der Waals surface area (Å²) in [7, 11) is 1.31. The first-order chi connectivity index (χ1) is 8.74. The summed E-state index contributed by atoms with van der Waals surface area (Å²) in [6.07, 6.45) is -0.691. The van der Waals surface area contributed by atoms with Crippen LogP contribution in [0.5, 0.6) is 0 Å². The number of rotatable bonds is 3. The van der Waals surface area contributed by atoms with Gasteiger partial charge in [-0.05, 0) is 32.9 Å². The molecule has 0 aliphatic heterocycles. The largest absolute Gasteiger partial charge is 0.442 e. The molecule has 7 heteroatoms. The number of nitro groups is 1. The molecule has 0 bridgehead atoms.